The zero-order valence-electron chi connectivity index (χ0n) is 16.0. The van der Waals surface area contributed by atoms with Crippen LogP contribution in [0.3, 0.4) is 0 Å². The summed E-state index contributed by atoms with van der Waals surface area (Å²) in [5.74, 6) is 2.08. The van der Waals surface area contributed by atoms with Crippen molar-refractivity contribution < 1.29 is 9.53 Å². The van der Waals surface area contributed by atoms with Crippen molar-refractivity contribution in [3.8, 4) is 5.75 Å². The van der Waals surface area contributed by atoms with Crippen LogP contribution in [0.25, 0.3) is 5.65 Å². The number of nitrogens with zero attached hydrogens (tertiary/aromatic N) is 4. The normalized spacial score (nSPS) is 17.5. The Hall–Kier alpha value is -2.93. The highest BCUT2D eigenvalue weighted by atomic mass is 16.5. The third-order valence-electron chi connectivity index (χ3n) is 5.25. The maximum absolute atomic E-state index is 12.5. The highest BCUT2D eigenvalue weighted by molar-refractivity contribution is 5.78. The molecule has 7 heteroatoms. The molecule has 146 valence electrons. The SMILES string of the molecule is COc1ccccc1CNC(=O)CN1CCC[C@H](c2nnc3ccccn23)C1. The molecule has 1 aromatic carbocycles. The van der Waals surface area contributed by atoms with Crippen LogP contribution in [0.2, 0.25) is 0 Å². The molecule has 0 saturated carbocycles. The molecule has 1 aliphatic rings. The van der Waals surface area contributed by atoms with Gasteiger partial charge in [-0.25, -0.2) is 0 Å². The molecular formula is C21H25N5O2. The van der Waals surface area contributed by atoms with Gasteiger partial charge in [0.25, 0.3) is 0 Å². The maximum atomic E-state index is 12.5. The second-order valence-electron chi connectivity index (χ2n) is 7.15. The van der Waals surface area contributed by atoms with Crippen LogP contribution in [-0.2, 0) is 11.3 Å². The molecule has 1 fully saturated rings. The summed E-state index contributed by atoms with van der Waals surface area (Å²) < 4.78 is 7.39. The fraction of sp³-hybridized carbons (Fsp3) is 0.381. The molecule has 2 aromatic heterocycles. The van der Waals surface area contributed by atoms with Gasteiger partial charge < -0.3 is 10.1 Å². The molecule has 3 aromatic rings. The van der Waals surface area contributed by atoms with E-state index in [2.05, 4.69) is 24.8 Å². The van der Waals surface area contributed by atoms with Gasteiger partial charge >= 0.3 is 0 Å². The number of aromatic nitrogens is 3. The monoisotopic (exact) mass is 379 g/mol. The van der Waals surface area contributed by atoms with E-state index < -0.39 is 0 Å². The van der Waals surface area contributed by atoms with Gasteiger partial charge in [-0.1, -0.05) is 24.3 Å². The standard InChI is InChI=1S/C21H25N5O2/c1-28-18-9-3-2-7-16(18)13-22-20(27)15-25-11-6-8-17(14-25)21-24-23-19-10-4-5-12-26(19)21/h2-5,7,9-10,12,17H,6,8,11,13-15H2,1H3,(H,22,27)/t17-/m0/s1. The lowest BCUT2D eigenvalue weighted by Gasteiger charge is -2.31. The van der Waals surface area contributed by atoms with Crippen LogP contribution >= 0.6 is 0 Å². The third kappa shape index (κ3) is 3.99. The van der Waals surface area contributed by atoms with Crippen molar-refractivity contribution in [3.05, 3.63) is 60.0 Å². The smallest absolute Gasteiger partial charge is 0.234 e. The fourth-order valence-electron chi connectivity index (χ4n) is 3.85. The van der Waals surface area contributed by atoms with Crippen molar-refractivity contribution in [1.82, 2.24) is 24.8 Å². The summed E-state index contributed by atoms with van der Waals surface area (Å²) in [4.78, 5) is 14.7. The Morgan fingerprint density at radius 1 is 1.21 bits per heavy atom. The van der Waals surface area contributed by atoms with Crippen molar-refractivity contribution in [2.24, 2.45) is 0 Å². The van der Waals surface area contributed by atoms with Crippen LogP contribution in [0, 0.1) is 0 Å². The van der Waals surface area contributed by atoms with E-state index >= 15 is 0 Å². The largest absolute Gasteiger partial charge is 0.496 e. The lowest BCUT2D eigenvalue weighted by molar-refractivity contribution is -0.122. The van der Waals surface area contributed by atoms with Crippen LogP contribution < -0.4 is 10.1 Å². The topological polar surface area (TPSA) is 71.8 Å². The Morgan fingerprint density at radius 3 is 2.96 bits per heavy atom. The number of hydrogen-bond donors (Lipinski definition) is 1. The summed E-state index contributed by atoms with van der Waals surface area (Å²) in [5.41, 5.74) is 1.84. The molecule has 0 radical (unpaired) electrons. The van der Waals surface area contributed by atoms with Gasteiger partial charge in [0, 0.05) is 30.8 Å². The second-order valence-corrected chi connectivity index (χ2v) is 7.15. The number of carbonyl (C=O) groups excluding carboxylic acids is 1. The molecule has 0 bridgehead atoms. The first-order valence-electron chi connectivity index (χ1n) is 9.65. The van der Waals surface area contributed by atoms with E-state index in [0.717, 1.165) is 48.7 Å². The average molecular weight is 379 g/mol. The Labute approximate surface area is 164 Å². The Morgan fingerprint density at radius 2 is 2.07 bits per heavy atom. The molecule has 1 N–H and O–H groups in total. The van der Waals surface area contributed by atoms with Crippen LogP contribution in [0.15, 0.2) is 48.7 Å². The summed E-state index contributed by atoms with van der Waals surface area (Å²) in [5, 5.41) is 11.7. The lowest BCUT2D eigenvalue weighted by atomic mass is 9.97. The molecule has 1 saturated heterocycles. The number of benzene rings is 1. The van der Waals surface area contributed by atoms with Gasteiger partial charge in [-0.2, -0.15) is 0 Å². The minimum Gasteiger partial charge on any atom is -0.496 e. The summed E-state index contributed by atoms with van der Waals surface area (Å²) >= 11 is 0. The van der Waals surface area contributed by atoms with E-state index in [1.165, 1.54) is 0 Å². The molecule has 0 aliphatic carbocycles. The zero-order chi connectivity index (χ0) is 19.3. The molecule has 28 heavy (non-hydrogen) atoms. The van der Waals surface area contributed by atoms with Crippen molar-refractivity contribution in [3.63, 3.8) is 0 Å². The van der Waals surface area contributed by atoms with E-state index in [9.17, 15) is 4.79 Å². The maximum Gasteiger partial charge on any atom is 0.234 e. The van der Waals surface area contributed by atoms with Crippen LogP contribution in [-0.4, -0.2) is 52.1 Å². The van der Waals surface area contributed by atoms with E-state index in [1.54, 1.807) is 7.11 Å². The Kier molecular flexibility index (Phi) is 5.53. The molecular weight excluding hydrogens is 354 g/mol. The number of methoxy groups -OCH3 is 1. The molecule has 1 aliphatic heterocycles. The highest BCUT2D eigenvalue weighted by Crippen LogP contribution is 2.26. The number of likely N-dealkylation sites (tertiary alicyclic amines) is 1. The number of para-hydroxylation sites is 1. The minimum absolute atomic E-state index is 0.0256. The first-order valence-corrected chi connectivity index (χ1v) is 9.65. The second kappa shape index (κ2) is 8.39. The van der Waals surface area contributed by atoms with Gasteiger partial charge in [-0.05, 0) is 37.6 Å². The number of fused-ring (bicyclic) bond motifs is 1. The van der Waals surface area contributed by atoms with Crippen molar-refractivity contribution >= 4 is 11.6 Å². The van der Waals surface area contributed by atoms with Gasteiger partial charge in [0.2, 0.25) is 5.91 Å². The van der Waals surface area contributed by atoms with Crippen LogP contribution in [0.4, 0.5) is 0 Å². The lowest BCUT2D eigenvalue weighted by Crippen LogP contribution is -2.42. The van der Waals surface area contributed by atoms with Gasteiger partial charge in [0.05, 0.1) is 13.7 Å². The van der Waals surface area contributed by atoms with Crippen LogP contribution in [0.5, 0.6) is 5.75 Å². The van der Waals surface area contributed by atoms with Crippen LogP contribution in [0.1, 0.15) is 30.1 Å². The molecule has 4 rings (SSSR count). The van der Waals surface area contributed by atoms with Gasteiger partial charge in [-0.3, -0.25) is 14.1 Å². The van der Waals surface area contributed by atoms with Crippen molar-refractivity contribution in [2.45, 2.75) is 25.3 Å². The summed E-state index contributed by atoms with van der Waals surface area (Å²) in [6.45, 7) is 2.60. The number of amides is 1. The molecule has 3 heterocycles. The fourth-order valence-corrected chi connectivity index (χ4v) is 3.85. The molecule has 0 unspecified atom stereocenters. The molecule has 1 amide bonds. The third-order valence-corrected chi connectivity index (χ3v) is 5.25. The molecule has 1 atom stereocenters. The molecule has 0 spiro atoms. The van der Waals surface area contributed by atoms with E-state index in [0.29, 0.717) is 13.1 Å². The number of rotatable bonds is 6. The summed E-state index contributed by atoms with van der Waals surface area (Å²) in [6, 6.07) is 13.7. The number of nitrogens with one attached hydrogen (secondary N) is 1. The van der Waals surface area contributed by atoms with Crippen molar-refractivity contribution in [2.75, 3.05) is 26.7 Å². The highest BCUT2D eigenvalue weighted by Gasteiger charge is 2.26. The van der Waals surface area contributed by atoms with Gasteiger partial charge in [0.15, 0.2) is 5.65 Å². The first-order chi connectivity index (χ1) is 13.7. The number of piperidine rings is 1. The number of carbonyl (C=O) groups is 1. The average Bonchev–Trinajstić information content (AvgIpc) is 3.17. The van der Waals surface area contributed by atoms with E-state index in [-0.39, 0.29) is 11.8 Å². The Balaban J connectivity index is 1.35. The first kappa shape index (κ1) is 18.4. The summed E-state index contributed by atoms with van der Waals surface area (Å²) in [7, 11) is 1.64. The predicted molar refractivity (Wildman–Crippen MR) is 106 cm³/mol. The van der Waals surface area contributed by atoms with Gasteiger partial charge in [0.1, 0.15) is 11.6 Å². The van der Waals surface area contributed by atoms with Gasteiger partial charge in [-0.15, -0.1) is 10.2 Å². The van der Waals surface area contributed by atoms with E-state index in [1.807, 2.05) is 48.7 Å². The quantitative estimate of drug-likeness (QED) is 0.711. The number of hydrogen-bond acceptors (Lipinski definition) is 5. The Bertz CT molecular complexity index is 955. The number of ether oxygens (including phenoxy) is 1. The zero-order valence-corrected chi connectivity index (χ0v) is 16.0. The predicted octanol–water partition coefficient (Wildman–Crippen LogP) is 2.23. The van der Waals surface area contributed by atoms with E-state index in [4.69, 9.17) is 4.74 Å². The number of pyridine rings is 1. The minimum atomic E-state index is 0.0256. The molecule has 7 nitrogen and oxygen atoms in total. The van der Waals surface area contributed by atoms with Crippen molar-refractivity contribution in [1.29, 1.82) is 0 Å². The summed E-state index contributed by atoms with van der Waals surface area (Å²) in [6.07, 6.45) is 4.12.